The smallest absolute Gasteiger partial charge is 0.190 e. The Kier molecular flexibility index (Phi) is 4.49. The molecule has 0 saturated carbocycles. The molecule has 0 radical (unpaired) electrons. The molecule has 0 N–H and O–H groups in total. The third-order valence-electron chi connectivity index (χ3n) is 3.40. The molecule has 1 aromatic heterocycles. The van der Waals surface area contributed by atoms with Gasteiger partial charge in [0.25, 0.3) is 0 Å². The molecule has 96 valence electrons. The van der Waals surface area contributed by atoms with Gasteiger partial charge in [-0.15, -0.1) is 10.2 Å². The van der Waals surface area contributed by atoms with Crippen LogP contribution in [0.2, 0.25) is 0 Å². The molecule has 1 fully saturated rings. The van der Waals surface area contributed by atoms with Gasteiger partial charge in [-0.2, -0.15) is 0 Å². The van der Waals surface area contributed by atoms with Crippen molar-refractivity contribution < 1.29 is 4.74 Å². The highest BCUT2D eigenvalue weighted by Gasteiger charge is 2.32. The zero-order valence-corrected chi connectivity index (χ0v) is 12.7. The molecule has 1 aliphatic heterocycles. The van der Waals surface area contributed by atoms with Crippen molar-refractivity contribution in [3.63, 3.8) is 0 Å². The summed E-state index contributed by atoms with van der Waals surface area (Å²) in [6.45, 7) is 3.74. The summed E-state index contributed by atoms with van der Waals surface area (Å²) in [6, 6.07) is 0. The van der Waals surface area contributed by atoms with Gasteiger partial charge < -0.3 is 9.30 Å². The normalized spacial score (nSPS) is 19.5. The number of nitrogens with zero attached hydrogens (tertiary/aromatic N) is 3. The first-order valence-corrected chi connectivity index (χ1v) is 7.90. The first kappa shape index (κ1) is 13.4. The van der Waals surface area contributed by atoms with E-state index in [2.05, 4.69) is 26.1 Å². The number of aryl methyl sites for hydroxylation is 1. The van der Waals surface area contributed by atoms with Gasteiger partial charge in [-0.05, 0) is 25.2 Å². The number of hydrogen-bond acceptors (Lipinski definition) is 4. The lowest BCUT2D eigenvalue weighted by Crippen LogP contribution is -2.33. The molecule has 2 heterocycles. The lowest BCUT2D eigenvalue weighted by molar-refractivity contribution is 0.0374. The van der Waals surface area contributed by atoms with E-state index in [0.29, 0.717) is 5.41 Å². The van der Waals surface area contributed by atoms with E-state index in [1.54, 1.807) is 11.8 Å². The molecule has 1 aromatic rings. The topological polar surface area (TPSA) is 39.9 Å². The zero-order chi connectivity index (χ0) is 12.3. The second-order valence-electron chi connectivity index (χ2n) is 4.62. The molecule has 2 rings (SSSR count). The van der Waals surface area contributed by atoms with Crippen molar-refractivity contribution in [2.24, 2.45) is 12.5 Å². The second kappa shape index (κ2) is 5.71. The van der Waals surface area contributed by atoms with Gasteiger partial charge in [0, 0.05) is 31.3 Å². The van der Waals surface area contributed by atoms with Crippen LogP contribution in [0.1, 0.15) is 18.7 Å². The Morgan fingerprint density at radius 1 is 1.41 bits per heavy atom. The average molecular weight is 320 g/mol. The van der Waals surface area contributed by atoms with Crippen LogP contribution in [0.25, 0.3) is 0 Å². The Morgan fingerprint density at radius 3 is 2.65 bits per heavy atom. The minimum atomic E-state index is 0.350. The van der Waals surface area contributed by atoms with Crippen molar-refractivity contribution in [3.05, 3.63) is 5.82 Å². The summed E-state index contributed by atoms with van der Waals surface area (Å²) < 4.78 is 7.49. The summed E-state index contributed by atoms with van der Waals surface area (Å²) in [6.07, 6.45) is 2.25. The fraction of sp³-hybridized carbons (Fsp3) is 0.818. The lowest BCUT2D eigenvalue weighted by atomic mass is 9.85. The van der Waals surface area contributed by atoms with Gasteiger partial charge in [-0.3, -0.25) is 0 Å². The van der Waals surface area contributed by atoms with Crippen LogP contribution in [-0.2, 0) is 11.8 Å². The summed E-state index contributed by atoms with van der Waals surface area (Å²) in [4.78, 5) is 0. The molecule has 6 heteroatoms. The van der Waals surface area contributed by atoms with Crippen molar-refractivity contribution in [2.75, 3.05) is 24.3 Å². The molecule has 0 aromatic carbocycles. The predicted molar refractivity (Wildman–Crippen MR) is 72.7 cm³/mol. The third kappa shape index (κ3) is 3.03. The number of hydrogen-bond donors (Lipinski definition) is 0. The molecular formula is C11H18BrN3OS. The number of rotatable bonds is 4. The Bertz CT molecular complexity index is 377. The summed E-state index contributed by atoms with van der Waals surface area (Å²) in [5, 5.41) is 10.3. The minimum Gasteiger partial charge on any atom is -0.381 e. The van der Waals surface area contributed by atoms with Gasteiger partial charge in [0.1, 0.15) is 5.82 Å². The monoisotopic (exact) mass is 319 g/mol. The van der Waals surface area contributed by atoms with E-state index >= 15 is 0 Å². The second-order valence-corrected chi connectivity index (χ2v) is 6.13. The van der Waals surface area contributed by atoms with Gasteiger partial charge in [0.2, 0.25) is 0 Å². The molecule has 4 nitrogen and oxygen atoms in total. The fourth-order valence-electron chi connectivity index (χ4n) is 1.85. The zero-order valence-electron chi connectivity index (χ0n) is 10.3. The van der Waals surface area contributed by atoms with E-state index in [-0.39, 0.29) is 0 Å². The standard InChI is InChI=1S/C11H18BrN3OS/c1-9-13-14-10(15(9)2)17-8-11(7-12)3-5-16-6-4-11/h3-8H2,1-2H3. The van der Waals surface area contributed by atoms with E-state index in [1.165, 1.54) is 0 Å². The fourth-order valence-corrected chi connectivity index (χ4v) is 4.12. The molecule has 0 atom stereocenters. The van der Waals surface area contributed by atoms with E-state index in [1.807, 2.05) is 18.5 Å². The SMILES string of the molecule is Cc1nnc(SCC2(CBr)CCOCC2)n1C. The summed E-state index contributed by atoms with van der Waals surface area (Å²) >= 11 is 5.46. The lowest BCUT2D eigenvalue weighted by Gasteiger charge is -2.35. The average Bonchev–Trinajstić information content (AvgIpc) is 2.69. The van der Waals surface area contributed by atoms with Gasteiger partial charge in [-0.25, -0.2) is 0 Å². The maximum absolute atomic E-state index is 5.44. The minimum absolute atomic E-state index is 0.350. The number of halogens is 1. The quantitative estimate of drug-likeness (QED) is 0.631. The number of alkyl halides is 1. The summed E-state index contributed by atoms with van der Waals surface area (Å²) in [7, 11) is 2.02. The van der Waals surface area contributed by atoms with Crippen LogP contribution < -0.4 is 0 Å². The van der Waals surface area contributed by atoms with E-state index < -0.39 is 0 Å². The highest BCUT2D eigenvalue weighted by Crippen LogP contribution is 2.37. The maximum atomic E-state index is 5.44. The predicted octanol–water partition coefficient (Wildman–Crippen LogP) is 2.41. The Balaban J connectivity index is 1.98. The van der Waals surface area contributed by atoms with E-state index in [9.17, 15) is 0 Å². The van der Waals surface area contributed by atoms with Crippen LogP contribution >= 0.6 is 27.7 Å². The molecule has 1 aliphatic rings. The third-order valence-corrected chi connectivity index (χ3v) is 5.96. The van der Waals surface area contributed by atoms with Crippen LogP contribution in [0.15, 0.2) is 5.16 Å². The molecule has 1 saturated heterocycles. The van der Waals surface area contributed by atoms with Crippen molar-refractivity contribution in [2.45, 2.75) is 24.9 Å². The van der Waals surface area contributed by atoms with Crippen LogP contribution in [0.3, 0.4) is 0 Å². The van der Waals surface area contributed by atoms with Crippen LogP contribution in [0.5, 0.6) is 0 Å². The first-order valence-electron chi connectivity index (χ1n) is 5.79. The van der Waals surface area contributed by atoms with E-state index in [4.69, 9.17) is 4.74 Å². The Morgan fingerprint density at radius 2 is 2.12 bits per heavy atom. The van der Waals surface area contributed by atoms with E-state index in [0.717, 1.165) is 48.1 Å². The highest BCUT2D eigenvalue weighted by molar-refractivity contribution is 9.09. The number of aromatic nitrogens is 3. The maximum Gasteiger partial charge on any atom is 0.190 e. The summed E-state index contributed by atoms with van der Waals surface area (Å²) in [5.41, 5.74) is 0.350. The molecule has 0 aliphatic carbocycles. The highest BCUT2D eigenvalue weighted by atomic mass is 79.9. The summed E-state index contributed by atoms with van der Waals surface area (Å²) in [5.74, 6) is 2.04. The van der Waals surface area contributed by atoms with Crippen molar-refractivity contribution in [3.8, 4) is 0 Å². The van der Waals surface area contributed by atoms with Gasteiger partial charge in [-0.1, -0.05) is 27.7 Å². The van der Waals surface area contributed by atoms with Crippen molar-refractivity contribution >= 4 is 27.7 Å². The van der Waals surface area contributed by atoms with Gasteiger partial charge in [0.15, 0.2) is 5.16 Å². The van der Waals surface area contributed by atoms with Gasteiger partial charge in [0.05, 0.1) is 0 Å². The Labute approximate surface area is 115 Å². The van der Waals surface area contributed by atoms with Crippen molar-refractivity contribution in [1.29, 1.82) is 0 Å². The van der Waals surface area contributed by atoms with Crippen LogP contribution in [0, 0.1) is 12.3 Å². The van der Waals surface area contributed by atoms with Crippen LogP contribution in [0.4, 0.5) is 0 Å². The van der Waals surface area contributed by atoms with Gasteiger partial charge >= 0.3 is 0 Å². The molecule has 17 heavy (non-hydrogen) atoms. The largest absolute Gasteiger partial charge is 0.381 e. The number of thioether (sulfide) groups is 1. The number of ether oxygens (including phenoxy) is 1. The Hall–Kier alpha value is -0.0700. The van der Waals surface area contributed by atoms with Crippen LogP contribution in [-0.4, -0.2) is 39.1 Å². The molecule has 0 spiro atoms. The molecule has 0 unspecified atom stereocenters. The first-order chi connectivity index (χ1) is 8.17. The molecule has 0 amide bonds. The molecule has 0 bridgehead atoms. The molecular weight excluding hydrogens is 302 g/mol. The van der Waals surface area contributed by atoms with Crippen molar-refractivity contribution in [1.82, 2.24) is 14.8 Å².